The van der Waals surface area contributed by atoms with Crippen molar-refractivity contribution in [2.75, 3.05) is 19.4 Å². The standard InChI is InChI=1S/C12H13Cl5N4OS/c1-21(2)11(22)20-9(12(15,16)17)19-10(23)18-8-4-3-6(13)5-7(8)14/h3-5,9H,1-2H3,(H,20,22)(H2,18,19,23)/t9-/m1/s1. The number of hydrogen-bond donors (Lipinski definition) is 3. The number of halogens is 5. The molecule has 0 aliphatic carbocycles. The fraction of sp³-hybridized carbons (Fsp3) is 0.333. The van der Waals surface area contributed by atoms with Gasteiger partial charge in [0.05, 0.1) is 10.7 Å². The van der Waals surface area contributed by atoms with Crippen LogP contribution in [0.25, 0.3) is 0 Å². The quantitative estimate of drug-likeness (QED) is 0.375. The van der Waals surface area contributed by atoms with Crippen LogP contribution in [0.3, 0.4) is 0 Å². The molecule has 0 aliphatic heterocycles. The van der Waals surface area contributed by atoms with Crippen molar-refractivity contribution in [1.29, 1.82) is 0 Å². The van der Waals surface area contributed by atoms with E-state index in [1.807, 2.05) is 0 Å². The molecule has 1 rings (SSSR count). The minimum atomic E-state index is -1.83. The maximum absolute atomic E-state index is 11.7. The average Bonchev–Trinajstić information content (AvgIpc) is 2.40. The third kappa shape index (κ3) is 6.95. The van der Waals surface area contributed by atoms with E-state index in [1.54, 1.807) is 32.3 Å². The van der Waals surface area contributed by atoms with E-state index in [4.69, 9.17) is 70.2 Å². The van der Waals surface area contributed by atoms with Crippen LogP contribution < -0.4 is 16.0 Å². The number of benzene rings is 1. The van der Waals surface area contributed by atoms with E-state index in [9.17, 15) is 4.79 Å². The first kappa shape index (κ1) is 20.7. The molecule has 0 bridgehead atoms. The van der Waals surface area contributed by atoms with Crippen LogP contribution in [-0.4, -0.2) is 40.1 Å². The van der Waals surface area contributed by atoms with E-state index in [0.717, 1.165) is 0 Å². The van der Waals surface area contributed by atoms with E-state index in [-0.39, 0.29) is 5.11 Å². The number of thiocarbonyl (C=S) groups is 1. The number of carbonyl (C=O) groups is 1. The number of urea groups is 1. The molecule has 0 aliphatic rings. The molecule has 0 aromatic heterocycles. The molecule has 0 saturated carbocycles. The summed E-state index contributed by atoms with van der Waals surface area (Å²) in [7, 11) is 3.10. The van der Waals surface area contributed by atoms with E-state index in [0.29, 0.717) is 15.7 Å². The lowest BCUT2D eigenvalue weighted by Crippen LogP contribution is -2.57. The predicted octanol–water partition coefficient (Wildman–Crippen LogP) is 4.25. The zero-order valence-corrected chi connectivity index (χ0v) is 16.6. The largest absolute Gasteiger partial charge is 0.339 e. The Hall–Kier alpha value is -0.370. The van der Waals surface area contributed by atoms with Crippen LogP contribution in [0.1, 0.15) is 0 Å². The lowest BCUT2D eigenvalue weighted by molar-refractivity contribution is 0.212. The minimum absolute atomic E-state index is 0.101. The molecule has 11 heteroatoms. The third-order valence-corrected chi connectivity index (χ3v) is 3.88. The molecule has 0 saturated heterocycles. The third-order valence-electron chi connectivity index (χ3n) is 2.46. The first-order valence-corrected chi connectivity index (χ1v) is 8.37. The predicted molar refractivity (Wildman–Crippen MR) is 102 cm³/mol. The second kappa shape index (κ2) is 8.65. The van der Waals surface area contributed by atoms with Gasteiger partial charge in [0.25, 0.3) is 0 Å². The number of carbonyl (C=O) groups excluding carboxylic acids is 1. The molecule has 1 aromatic rings. The summed E-state index contributed by atoms with van der Waals surface area (Å²) in [5.41, 5.74) is 0.510. The SMILES string of the molecule is CN(C)C(=O)N[C@@H](NC(=S)Nc1ccc(Cl)cc1Cl)C(Cl)(Cl)Cl. The molecule has 1 aromatic carbocycles. The Kier molecular flexibility index (Phi) is 7.77. The molecule has 0 radical (unpaired) electrons. The number of amides is 2. The molecule has 0 heterocycles. The summed E-state index contributed by atoms with van der Waals surface area (Å²) in [5, 5.41) is 8.98. The Morgan fingerprint density at radius 2 is 1.83 bits per heavy atom. The highest BCUT2D eigenvalue weighted by Gasteiger charge is 2.35. The van der Waals surface area contributed by atoms with Gasteiger partial charge in [-0.2, -0.15) is 0 Å². The number of nitrogens with zero attached hydrogens (tertiary/aromatic N) is 1. The van der Waals surface area contributed by atoms with Crippen LogP contribution in [-0.2, 0) is 0 Å². The Balaban J connectivity index is 2.79. The average molecular weight is 439 g/mol. The number of hydrogen-bond acceptors (Lipinski definition) is 2. The van der Waals surface area contributed by atoms with Gasteiger partial charge in [-0.15, -0.1) is 0 Å². The van der Waals surface area contributed by atoms with Gasteiger partial charge in [-0.3, -0.25) is 0 Å². The fourth-order valence-electron chi connectivity index (χ4n) is 1.33. The summed E-state index contributed by atoms with van der Waals surface area (Å²) in [6.07, 6.45) is -1.06. The summed E-state index contributed by atoms with van der Waals surface area (Å²) in [6.45, 7) is 0. The van der Waals surface area contributed by atoms with Crippen molar-refractivity contribution < 1.29 is 4.79 Å². The molecule has 0 unspecified atom stereocenters. The van der Waals surface area contributed by atoms with E-state index < -0.39 is 16.0 Å². The van der Waals surface area contributed by atoms with Gasteiger partial charge in [-0.25, -0.2) is 4.79 Å². The van der Waals surface area contributed by atoms with Crippen LogP contribution in [0, 0.1) is 0 Å². The first-order valence-electron chi connectivity index (χ1n) is 6.08. The lowest BCUT2D eigenvalue weighted by atomic mass is 10.3. The Morgan fingerprint density at radius 3 is 2.30 bits per heavy atom. The van der Waals surface area contributed by atoms with Crippen LogP contribution in [0.2, 0.25) is 10.0 Å². The Bertz CT molecular complexity index is 593. The van der Waals surface area contributed by atoms with Crippen LogP contribution in [0.15, 0.2) is 18.2 Å². The summed E-state index contributed by atoms with van der Waals surface area (Å²) < 4.78 is -1.83. The topological polar surface area (TPSA) is 56.4 Å². The van der Waals surface area contributed by atoms with Gasteiger partial charge in [0, 0.05) is 19.1 Å². The van der Waals surface area contributed by atoms with Gasteiger partial charge in [-0.1, -0.05) is 58.0 Å². The fourth-order valence-corrected chi connectivity index (χ4v) is 2.34. The molecule has 1 atom stereocenters. The molecular weight excluding hydrogens is 425 g/mol. The van der Waals surface area contributed by atoms with Gasteiger partial charge < -0.3 is 20.9 Å². The molecule has 0 fully saturated rings. The van der Waals surface area contributed by atoms with Crippen molar-refractivity contribution in [3.63, 3.8) is 0 Å². The maximum atomic E-state index is 11.7. The van der Waals surface area contributed by atoms with Crippen molar-refractivity contribution in [3.8, 4) is 0 Å². The van der Waals surface area contributed by atoms with Crippen molar-refractivity contribution in [1.82, 2.24) is 15.5 Å². The molecule has 3 N–H and O–H groups in total. The van der Waals surface area contributed by atoms with Gasteiger partial charge >= 0.3 is 6.03 Å². The molecule has 5 nitrogen and oxygen atoms in total. The van der Waals surface area contributed by atoms with Crippen LogP contribution in [0.4, 0.5) is 10.5 Å². The van der Waals surface area contributed by atoms with E-state index in [1.165, 1.54) is 4.90 Å². The second-order valence-corrected chi connectivity index (χ2v) is 8.16. The zero-order valence-electron chi connectivity index (χ0n) is 12.0. The highest BCUT2D eigenvalue weighted by atomic mass is 35.6. The van der Waals surface area contributed by atoms with Gasteiger partial charge in [-0.05, 0) is 30.4 Å². The highest BCUT2D eigenvalue weighted by Crippen LogP contribution is 2.29. The minimum Gasteiger partial charge on any atom is -0.339 e. The number of anilines is 1. The van der Waals surface area contributed by atoms with Crippen molar-refractivity contribution in [2.24, 2.45) is 0 Å². The lowest BCUT2D eigenvalue weighted by Gasteiger charge is -2.29. The number of rotatable bonds is 3. The van der Waals surface area contributed by atoms with E-state index in [2.05, 4.69) is 16.0 Å². The van der Waals surface area contributed by atoms with Gasteiger partial charge in [0.15, 0.2) is 11.3 Å². The van der Waals surface area contributed by atoms with Crippen LogP contribution >= 0.6 is 70.2 Å². The molecule has 23 heavy (non-hydrogen) atoms. The summed E-state index contributed by atoms with van der Waals surface area (Å²) in [4.78, 5) is 13.0. The molecule has 128 valence electrons. The Morgan fingerprint density at radius 1 is 1.22 bits per heavy atom. The molecule has 2 amide bonds. The summed E-state index contributed by atoms with van der Waals surface area (Å²) in [6, 6.07) is 4.37. The summed E-state index contributed by atoms with van der Waals surface area (Å²) >= 11 is 34.5. The number of alkyl halides is 3. The second-order valence-electron chi connectivity index (χ2n) is 4.54. The van der Waals surface area contributed by atoms with Crippen molar-refractivity contribution in [3.05, 3.63) is 28.2 Å². The molecule has 0 spiro atoms. The smallest absolute Gasteiger partial charge is 0.318 e. The van der Waals surface area contributed by atoms with Crippen LogP contribution in [0.5, 0.6) is 0 Å². The first-order chi connectivity index (χ1) is 10.5. The normalized spacial score (nSPS) is 12.3. The monoisotopic (exact) mass is 436 g/mol. The zero-order chi connectivity index (χ0) is 17.8. The summed E-state index contributed by atoms with van der Waals surface area (Å²) in [5.74, 6) is 0. The Labute approximate surface area is 164 Å². The maximum Gasteiger partial charge on any atom is 0.318 e. The van der Waals surface area contributed by atoms with Crippen molar-refractivity contribution in [2.45, 2.75) is 9.96 Å². The highest BCUT2D eigenvalue weighted by molar-refractivity contribution is 7.80. The van der Waals surface area contributed by atoms with Crippen molar-refractivity contribution >= 4 is 87.1 Å². The van der Waals surface area contributed by atoms with Gasteiger partial charge in [0.1, 0.15) is 0 Å². The van der Waals surface area contributed by atoms with E-state index >= 15 is 0 Å². The van der Waals surface area contributed by atoms with Gasteiger partial charge in [0.2, 0.25) is 3.79 Å². The molecular formula is C12H13Cl5N4OS. The number of nitrogens with one attached hydrogen (secondary N) is 3.